The first kappa shape index (κ1) is 14.0. The van der Waals surface area contributed by atoms with Gasteiger partial charge in [-0.25, -0.2) is 10.8 Å². The lowest BCUT2D eigenvalue weighted by molar-refractivity contribution is 0.466. The van der Waals surface area contributed by atoms with E-state index < -0.39 is 0 Å². The zero-order valence-corrected chi connectivity index (χ0v) is 12.0. The molecule has 0 aliphatic carbocycles. The fourth-order valence-corrected chi connectivity index (χ4v) is 2.10. The van der Waals surface area contributed by atoms with Crippen molar-refractivity contribution in [2.75, 3.05) is 10.7 Å². The molecule has 102 valence electrons. The number of pyridine rings is 1. The highest BCUT2D eigenvalue weighted by Crippen LogP contribution is 2.31. The van der Waals surface area contributed by atoms with Crippen molar-refractivity contribution < 1.29 is 4.42 Å². The first-order valence-corrected chi connectivity index (χ1v) is 6.42. The van der Waals surface area contributed by atoms with Gasteiger partial charge >= 0.3 is 0 Å². The van der Waals surface area contributed by atoms with E-state index >= 15 is 0 Å². The second-order valence-electron chi connectivity index (χ2n) is 4.11. The van der Waals surface area contributed by atoms with Crippen molar-refractivity contribution in [2.24, 2.45) is 5.84 Å². The lowest BCUT2D eigenvalue weighted by atomic mass is 10.2. The van der Waals surface area contributed by atoms with E-state index in [1.807, 2.05) is 26.0 Å². The molecule has 0 radical (unpaired) electrons. The summed E-state index contributed by atoms with van der Waals surface area (Å²) in [6, 6.07) is 5.30. The van der Waals surface area contributed by atoms with Crippen LogP contribution < -0.4 is 16.6 Å². The minimum absolute atomic E-state index is 0.0782. The van der Waals surface area contributed by atoms with Gasteiger partial charge in [-0.05, 0) is 32.0 Å². The van der Waals surface area contributed by atoms with E-state index in [1.165, 1.54) is 0 Å². The summed E-state index contributed by atoms with van der Waals surface area (Å²) < 4.78 is 5.54. The van der Waals surface area contributed by atoms with Crippen LogP contribution in [0.4, 0.5) is 11.6 Å². The van der Waals surface area contributed by atoms with Crippen molar-refractivity contribution in [1.29, 1.82) is 0 Å². The molecule has 0 fully saturated rings. The van der Waals surface area contributed by atoms with Crippen LogP contribution in [0.5, 0.6) is 0 Å². The number of aromatic nitrogens is 1. The first-order valence-electron chi connectivity index (χ1n) is 5.66. The number of hydrazine groups is 1. The SMILES string of the molecule is Cc1ccc(C(C)Nc2nc(NN)c(Cl)cc2Cl)o1. The molecular weight excluding hydrogens is 287 g/mol. The van der Waals surface area contributed by atoms with Gasteiger partial charge in [0.2, 0.25) is 0 Å². The Morgan fingerprint density at radius 2 is 1.95 bits per heavy atom. The monoisotopic (exact) mass is 300 g/mol. The Morgan fingerprint density at radius 1 is 1.26 bits per heavy atom. The van der Waals surface area contributed by atoms with Crippen molar-refractivity contribution in [3.05, 3.63) is 39.8 Å². The third-order valence-electron chi connectivity index (χ3n) is 2.61. The third kappa shape index (κ3) is 3.12. The number of aryl methyl sites for hydroxylation is 1. The summed E-state index contributed by atoms with van der Waals surface area (Å²) in [5.41, 5.74) is 2.41. The molecule has 0 aliphatic rings. The zero-order chi connectivity index (χ0) is 14.0. The second kappa shape index (κ2) is 5.69. The minimum Gasteiger partial charge on any atom is -0.464 e. The van der Waals surface area contributed by atoms with Gasteiger partial charge in [0.25, 0.3) is 0 Å². The van der Waals surface area contributed by atoms with Crippen LogP contribution in [0.25, 0.3) is 0 Å². The highest BCUT2D eigenvalue weighted by molar-refractivity contribution is 6.37. The average Bonchev–Trinajstić information content (AvgIpc) is 2.79. The Hall–Kier alpha value is -1.43. The number of nitrogens with one attached hydrogen (secondary N) is 2. The molecule has 2 aromatic rings. The predicted octanol–water partition coefficient (Wildman–Crippen LogP) is 3.75. The van der Waals surface area contributed by atoms with Gasteiger partial charge < -0.3 is 15.2 Å². The Kier molecular flexibility index (Phi) is 4.19. The molecule has 5 nitrogen and oxygen atoms in total. The van der Waals surface area contributed by atoms with Crippen LogP contribution in [-0.4, -0.2) is 4.98 Å². The van der Waals surface area contributed by atoms with E-state index in [2.05, 4.69) is 15.7 Å². The molecule has 0 saturated heterocycles. The Labute approximate surface area is 121 Å². The summed E-state index contributed by atoms with van der Waals surface area (Å²) in [7, 11) is 0. The van der Waals surface area contributed by atoms with Crippen LogP contribution in [0.3, 0.4) is 0 Å². The number of nitrogen functional groups attached to an aromatic ring is 1. The van der Waals surface area contributed by atoms with E-state index in [-0.39, 0.29) is 6.04 Å². The molecule has 1 atom stereocenters. The van der Waals surface area contributed by atoms with Crippen molar-refractivity contribution in [3.8, 4) is 0 Å². The van der Waals surface area contributed by atoms with Gasteiger partial charge in [-0.15, -0.1) is 0 Å². The maximum absolute atomic E-state index is 6.09. The Bertz CT molecular complexity index is 585. The van der Waals surface area contributed by atoms with Gasteiger partial charge in [0.15, 0.2) is 5.82 Å². The number of furan rings is 1. The molecule has 4 N–H and O–H groups in total. The topological polar surface area (TPSA) is 76.1 Å². The highest BCUT2D eigenvalue weighted by Gasteiger charge is 2.14. The lowest BCUT2D eigenvalue weighted by Gasteiger charge is -2.15. The van der Waals surface area contributed by atoms with Crippen LogP contribution in [0.1, 0.15) is 24.5 Å². The summed E-state index contributed by atoms with van der Waals surface area (Å²) >= 11 is 12.0. The second-order valence-corrected chi connectivity index (χ2v) is 4.92. The number of halogens is 2. The van der Waals surface area contributed by atoms with E-state index in [9.17, 15) is 0 Å². The number of rotatable bonds is 4. The van der Waals surface area contributed by atoms with Crippen molar-refractivity contribution in [3.63, 3.8) is 0 Å². The summed E-state index contributed by atoms with van der Waals surface area (Å²) in [5, 5.41) is 3.93. The Morgan fingerprint density at radius 3 is 2.53 bits per heavy atom. The maximum atomic E-state index is 6.09. The molecule has 2 heterocycles. The van der Waals surface area contributed by atoms with E-state index in [0.29, 0.717) is 21.7 Å². The summed E-state index contributed by atoms with van der Waals surface area (Å²) in [5.74, 6) is 7.82. The number of nitrogens with two attached hydrogens (primary N) is 1. The predicted molar refractivity (Wildman–Crippen MR) is 77.5 cm³/mol. The van der Waals surface area contributed by atoms with E-state index in [0.717, 1.165) is 11.5 Å². The molecular formula is C12H14Cl2N4O. The van der Waals surface area contributed by atoms with Gasteiger partial charge in [0.1, 0.15) is 17.3 Å². The molecule has 1 unspecified atom stereocenters. The van der Waals surface area contributed by atoms with Gasteiger partial charge in [-0.2, -0.15) is 0 Å². The first-order chi connectivity index (χ1) is 9.01. The fourth-order valence-electron chi connectivity index (χ4n) is 1.63. The smallest absolute Gasteiger partial charge is 0.161 e. The van der Waals surface area contributed by atoms with Crippen LogP contribution >= 0.6 is 23.2 Å². The van der Waals surface area contributed by atoms with Gasteiger partial charge in [0.05, 0.1) is 16.1 Å². The van der Waals surface area contributed by atoms with Crippen molar-refractivity contribution in [2.45, 2.75) is 19.9 Å². The number of hydrogen-bond acceptors (Lipinski definition) is 5. The van der Waals surface area contributed by atoms with Crippen molar-refractivity contribution >= 4 is 34.8 Å². The molecule has 0 bridgehead atoms. The molecule has 2 rings (SSSR count). The van der Waals surface area contributed by atoms with Crippen LogP contribution in [0.15, 0.2) is 22.6 Å². The summed E-state index contributed by atoms with van der Waals surface area (Å²) in [6.07, 6.45) is 0. The third-order valence-corrected chi connectivity index (χ3v) is 3.18. The minimum atomic E-state index is -0.0782. The molecule has 0 aliphatic heterocycles. The van der Waals surface area contributed by atoms with Gasteiger partial charge in [0, 0.05) is 0 Å². The van der Waals surface area contributed by atoms with Crippen molar-refractivity contribution in [1.82, 2.24) is 4.98 Å². The molecule has 0 spiro atoms. The van der Waals surface area contributed by atoms with Crippen LogP contribution in [0, 0.1) is 6.92 Å². The quantitative estimate of drug-likeness (QED) is 0.592. The largest absolute Gasteiger partial charge is 0.464 e. The zero-order valence-electron chi connectivity index (χ0n) is 10.5. The van der Waals surface area contributed by atoms with E-state index in [4.69, 9.17) is 33.5 Å². The molecule has 19 heavy (non-hydrogen) atoms. The molecule has 2 aromatic heterocycles. The standard InChI is InChI=1S/C12H14Cl2N4O/c1-6-3-4-10(19-6)7(2)16-11-8(13)5-9(14)12(17-11)18-15/h3-5,7H,15H2,1-2H3,(H2,16,17,18). The molecule has 0 aromatic carbocycles. The van der Waals surface area contributed by atoms with Crippen LogP contribution in [0.2, 0.25) is 10.0 Å². The average molecular weight is 301 g/mol. The lowest BCUT2D eigenvalue weighted by Crippen LogP contribution is -2.12. The maximum Gasteiger partial charge on any atom is 0.161 e. The van der Waals surface area contributed by atoms with Crippen LogP contribution in [-0.2, 0) is 0 Å². The normalized spacial score (nSPS) is 12.3. The Balaban J connectivity index is 2.23. The fraction of sp³-hybridized carbons (Fsp3) is 0.250. The highest BCUT2D eigenvalue weighted by atomic mass is 35.5. The number of anilines is 2. The number of nitrogens with zero attached hydrogens (tertiary/aromatic N) is 1. The van der Waals surface area contributed by atoms with E-state index in [1.54, 1.807) is 6.07 Å². The van der Waals surface area contributed by atoms with Gasteiger partial charge in [-0.1, -0.05) is 23.2 Å². The molecule has 0 amide bonds. The molecule has 0 saturated carbocycles. The summed E-state index contributed by atoms with van der Waals surface area (Å²) in [4.78, 5) is 4.21. The molecule has 7 heteroatoms. The number of hydrogen-bond donors (Lipinski definition) is 3. The summed E-state index contributed by atoms with van der Waals surface area (Å²) in [6.45, 7) is 3.83. The van der Waals surface area contributed by atoms with Gasteiger partial charge in [-0.3, -0.25) is 0 Å².